The summed E-state index contributed by atoms with van der Waals surface area (Å²) in [5.41, 5.74) is -2.92. The number of Topliss-reactive ketones (excluding diaryl/α,β-unsaturated/α-hetero) is 2. The lowest BCUT2D eigenvalue weighted by Crippen LogP contribution is -2.63. The monoisotopic (exact) mass is 1080 g/mol. The Morgan fingerprint density at radius 1 is 0.628 bits per heavy atom. The van der Waals surface area contributed by atoms with Crippen molar-refractivity contribution in [1.82, 2.24) is 10.9 Å². The van der Waals surface area contributed by atoms with Crippen molar-refractivity contribution in [3.05, 3.63) is 103 Å². The molecule has 4 aromatic rings. The van der Waals surface area contributed by atoms with Crippen LogP contribution in [-0.2, 0) is 41.4 Å². The largest absolute Gasteiger partial charge is 0.507 e. The summed E-state index contributed by atoms with van der Waals surface area (Å²) >= 11 is 0. The maximum atomic E-state index is 14.2. The second-order valence-corrected chi connectivity index (χ2v) is 20.5. The van der Waals surface area contributed by atoms with Gasteiger partial charge < -0.3 is 79.5 Å². The van der Waals surface area contributed by atoms with Crippen molar-refractivity contribution in [2.24, 2.45) is 0 Å². The van der Waals surface area contributed by atoms with Gasteiger partial charge in [-0.3, -0.25) is 39.6 Å². The highest BCUT2D eigenvalue weighted by atomic mass is 16.7. The minimum atomic E-state index is -2.44. The molecule has 12 N–H and O–H groups in total. The van der Waals surface area contributed by atoms with Crippen LogP contribution in [0.1, 0.15) is 145 Å². The van der Waals surface area contributed by atoms with Crippen LogP contribution in [0.2, 0.25) is 0 Å². The van der Waals surface area contributed by atoms with Gasteiger partial charge in [0.05, 0.1) is 89.2 Å². The van der Waals surface area contributed by atoms with Crippen molar-refractivity contribution in [2.45, 2.75) is 132 Å². The fourth-order valence-corrected chi connectivity index (χ4v) is 11.9. The standard InChI is InChI=1S/C54H56N2O22/c1-19-43(61)26(11-33(75-19)77-30-15-53(71,21(3)59)13-24-37(30)51(69)42-40(47(24)65)46(64)23-8-6-10-29(74-18-58)36(23)50(42)68)55-56-27-12-34(76-20(2)44(27)62)78-31-16-54(72,32(60)17-57)14-25-38(31)52(70)41-39(48(25)66)45(63)22-7-5-9-28(73-4)35(22)49(41)67/h5-10,19-20,26-27,30-31,33-34,43-44,55-58,61-62,65-66,69-72H,11-18H2,1-4H3/t19?,20?,26?,27?,30-,31-,33?,34?,43?,44?,53-,54-/m0/s1. The number of benzene rings is 4. The van der Waals surface area contributed by atoms with E-state index in [4.69, 9.17) is 28.4 Å². The van der Waals surface area contributed by atoms with Crippen LogP contribution in [0.25, 0.3) is 0 Å². The molecule has 6 aliphatic rings. The number of phenols is 4. The molecule has 2 saturated heterocycles. The van der Waals surface area contributed by atoms with Crippen molar-refractivity contribution in [3.8, 4) is 34.5 Å². The zero-order valence-electron chi connectivity index (χ0n) is 42.3. The number of hydrogen-bond acceptors (Lipinski definition) is 24. The summed E-state index contributed by atoms with van der Waals surface area (Å²) in [6, 6.07) is 6.23. The fourth-order valence-electron chi connectivity index (χ4n) is 11.9. The van der Waals surface area contributed by atoms with Gasteiger partial charge in [-0.25, -0.2) is 0 Å². The van der Waals surface area contributed by atoms with Crippen LogP contribution in [0.5, 0.6) is 34.5 Å². The smallest absolute Gasteiger partial charge is 0.202 e. The maximum Gasteiger partial charge on any atom is 0.202 e. The van der Waals surface area contributed by atoms with Gasteiger partial charge in [-0.2, -0.15) is 0 Å². The number of aliphatic hydroxyl groups excluding tert-OH is 4. The summed E-state index contributed by atoms with van der Waals surface area (Å²) < 4.78 is 35.4. The van der Waals surface area contributed by atoms with Gasteiger partial charge in [-0.05, 0) is 32.9 Å². The summed E-state index contributed by atoms with van der Waals surface area (Å²) in [5.74, 6) is -8.76. The number of phenolic OH excluding ortho intramolecular Hbond substituents is 4. The first-order valence-electron chi connectivity index (χ1n) is 25.0. The van der Waals surface area contributed by atoms with Crippen molar-refractivity contribution >= 4 is 34.7 Å². The Morgan fingerprint density at radius 2 is 1.05 bits per heavy atom. The molecule has 0 amide bonds. The van der Waals surface area contributed by atoms with Crippen molar-refractivity contribution in [1.29, 1.82) is 0 Å². The maximum absolute atomic E-state index is 14.2. The molecule has 2 aliphatic heterocycles. The quantitative estimate of drug-likeness (QED) is 0.0426. The Morgan fingerprint density at radius 3 is 1.49 bits per heavy atom. The molecule has 78 heavy (non-hydrogen) atoms. The van der Waals surface area contributed by atoms with E-state index in [1.165, 1.54) is 57.4 Å². The van der Waals surface area contributed by atoms with E-state index in [0.717, 1.165) is 6.92 Å². The molecule has 4 aliphatic carbocycles. The first kappa shape index (κ1) is 54.6. The van der Waals surface area contributed by atoms with Gasteiger partial charge in [-0.15, -0.1) is 0 Å². The molecule has 2 heterocycles. The summed E-state index contributed by atoms with van der Waals surface area (Å²) in [6.07, 6.45) is -13.4. The first-order valence-corrected chi connectivity index (χ1v) is 25.0. The summed E-state index contributed by atoms with van der Waals surface area (Å²) in [4.78, 5) is 82.5. The number of carbonyl (C=O) groups excluding carboxylic acids is 6. The molecule has 10 rings (SSSR count). The minimum Gasteiger partial charge on any atom is -0.507 e. The van der Waals surface area contributed by atoms with Gasteiger partial charge in [0.15, 0.2) is 42.5 Å². The van der Waals surface area contributed by atoms with Gasteiger partial charge in [-0.1, -0.05) is 24.3 Å². The highest BCUT2D eigenvalue weighted by Crippen LogP contribution is 2.55. The number of ketones is 6. The molecule has 0 bridgehead atoms. The number of fused-ring (bicyclic) bond motifs is 6. The van der Waals surface area contributed by atoms with Crippen LogP contribution in [0.15, 0.2) is 36.4 Å². The van der Waals surface area contributed by atoms with Gasteiger partial charge in [0, 0.05) is 71.9 Å². The van der Waals surface area contributed by atoms with Gasteiger partial charge in [0.2, 0.25) is 11.6 Å². The number of rotatable bonds is 13. The first-order chi connectivity index (χ1) is 37.0. The second kappa shape index (κ2) is 20.1. The topological polar surface area (TPSA) is 384 Å². The zero-order chi connectivity index (χ0) is 56.2. The third-order valence-electron chi connectivity index (χ3n) is 16.0. The number of aliphatic hydroxyl groups is 6. The third kappa shape index (κ3) is 8.63. The SMILES string of the molecule is COc1cccc2c1C(=O)c1c(O)c3c(c(O)c1C2=O)C[C@@](O)(C(=O)CO)C[C@@H]3OC1CC(NNC2CC(O[C@H]3C[C@](O)(C(C)=O)Cc4c(O)c5c(c(O)c43)C(=O)c3c(OCO)cccc3C5=O)OC(C)C2O)C(O)C(C)O1. The summed E-state index contributed by atoms with van der Waals surface area (Å²) in [7, 11) is 1.28. The van der Waals surface area contributed by atoms with E-state index in [-0.39, 0.29) is 68.8 Å². The van der Waals surface area contributed by atoms with Crippen LogP contribution in [0, 0.1) is 0 Å². The molecule has 0 saturated carbocycles. The predicted octanol–water partition coefficient (Wildman–Crippen LogP) is 0.541. The molecular formula is C54H56N2O22. The summed E-state index contributed by atoms with van der Waals surface area (Å²) in [5, 5.41) is 113. The number of aromatic hydroxyl groups is 4. The molecule has 0 spiro atoms. The molecular weight excluding hydrogens is 1030 g/mol. The van der Waals surface area contributed by atoms with E-state index in [2.05, 4.69) is 10.9 Å². The fraction of sp³-hybridized carbons (Fsp3) is 0.444. The number of carbonyl (C=O) groups is 6. The Kier molecular flexibility index (Phi) is 14.1. The molecule has 24 heteroatoms. The molecule has 8 unspecified atom stereocenters. The van der Waals surface area contributed by atoms with E-state index < -0.39 is 192 Å². The molecule has 0 radical (unpaired) electrons. The van der Waals surface area contributed by atoms with Crippen LogP contribution < -0.4 is 20.3 Å². The Labute approximate surface area is 442 Å². The van der Waals surface area contributed by atoms with Crippen molar-refractivity contribution < 1.29 is 108 Å². The number of nitrogens with one attached hydrogen (secondary N) is 2. The average molecular weight is 1090 g/mol. The summed E-state index contributed by atoms with van der Waals surface area (Å²) in [6.45, 7) is 2.10. The zero-order valence-corrected chi connectivity index (χ0v) is 42.3. The van der Waals surface area contributed by atoms with Crippen LogP contribution in [-0.4, -0.2) is 167 Å². The van der Waals surface area contributed by atoms with Crippen molar-refractivity contribution in [2.75, 3.05) is 20.5 Å². The average Bonchev–Trinajstić information content (AvgIpc) is 3.39. The second-order valence-electron chi connectivity index (χ2n) is 20.5. The highest BCUT2D eigenvalue weighted by molar-refractivity contribution is 6.32. The molecule has 4 aromatic carbocycles. The molecule has 2 fully saturated rings. The molecule has 12 atom stereocenters. The lowest BCUT2D eigenvalue weighted by atomic mass is 9.72. The van der Waals surface area contributed by atoms with Crippen LogP contribution >= 0.6 is 0 Å². The minimum absolute atomic E-state index is 0.0124. The highest BCUT2D eigenvalue weighted by Gasteiger charge is 2.53. The van der Waals surface area contributed by atoms with E-state index >= 15 is 0 Å². The third-order valence-corrected chi connectivity index (χ3v) is 16.0. The van der Waals surface area contributed by atoms with E-state index in [1.54, 1.807) is 0 Å². The van der Waals surface area contributed by atoms with Gasteiger partial charge in [0.25, 0.3) is 0 Å². The lowest BCUT2D eigenvalue weighted by Gasteiger charge is -2.44. The van der Waals surface area contributed by atoms with E-state index in [9.17, 15) is 79.8 Å². The number of ether oxygens (including phenoxy) is 6. The number of hydrazine groups is 1. The Balaban J connectivity index is 0.909. The van der Waals surface area contributed by atoms with Crippen molar-refractivity contribution in [3.63, 3.8) is 0 Å². The van der Waals surface area contributed by atoms with Gasteiger partial charge >= 0.3 is 0 Å². The van der Waals surface area contributed by atoms with Crippen LogP contribution in [0.4, 0.5) is 0 Å². The van der Waals surface area contributed by atoms with Crippen LogP contribution in [0.3, 0.4) is 0 Å². The Bertz CT molecular complexity index is 3230. The normalized spacial score (nSPS) is 30.1. The Hall–Kier alpha value is -6.78. The number of hydrogen-bond donors (Lipinski definition) is 12. The predicted molar refractivity (Wildman–Crippen MR) is 261 cm³/mol. The number of methoxy groups -OCH3 is 1. The molecule has 0 aromatic heterocycles. The molecule has 414 valence electrons. The lowest BCUT2D eigenvalue weighted by molar-refractivity contribution is -0.256. The molecule has 24 nitrogen and oxygen atoms in total. The van der Waals surface area contributed by atoms with E-state index in [0.29, 0.717) is 0 Å². The van der Waals surface area contributed by atoms with E-state index in [1.807, 2.05) is 0 Å². The van der Waals surface area contributed by atoms with Gasteiger partial charge in [0.1, 0.15) is 52.3 Å².